The second-order valence-electron chi connectivity index (χ2n) is 6.99. The van der Waals surface area contributed by atoms with Crippen molar-refractivity contribution in [2.24, 2.45) is 0 Å². The summed E-state index contributed by atoms with van der Waals surface area (Å²) in [5.74, 6) is 3.28. The molecule has 0 aliphatic carbocycles. The number of nitrogens with zero attached hydrogens (tertiary/aromatic N) is 1. The maximum atomic E-state index is 13.0. The van der Waals surface area contributed by atoms with Crippen LogP contribution in [0, 0.1) is 11.5 Å². The van der Waals surface area contributed by atoms with E-state index in [1.54, 1.807) is 4.57 Å². The zero-order valence-electron chi connectivity index (χ0n) is 14.3. The molecule has 24 heavy (non-hydrogen) atoms. The van der Waals surface area contributed by atoms with Crippen molar-refractivity contribution in [1.82, 2.24) is 4.57 Å². The van der Waals surface area contributed by atoms with Gasteiger partial charge in [-0.25, -0.2) is 0 Å². The van der Waals surface area contributed by atoms with Gasteiger partial charge in [-0.05, 0) is 23.1 Å². The first-order chi connectivity index (χ1) is 11.4. The molecule has 0 amide bonds. The van der Waals surface area contributed by atoms with Crippen LogP contribution in [-0.4, -0.2) is 12.6 Å². The molecule has 2 nitrogen and oxygen atoms in total. The molecule has 0 aliphatic rings. The number of aromatic nitrogens is 1. The van der Waals surface area contributed by atoms with Gasteiger partial charge in [0, 0.05) is 5.39 Å². The van der Waals surface area contributed by atoms with E-state index < -0.39 is 8.07 Å². The Morgan fingerprint density at radius 1 is 0.958 bits per heavy atom. The first-order valence-electron chi connectivity index (χ1n) is 8.14. The number of hydrogen-bond donors (Lipinski definition) is 0. The Morgan fingerprint density at radius 2 is 1.62 bits per heavy atom. The molecule has 1 aromatic heterocycles. The Morgan fingerprint density at radius 3 is 2.33 bits per heavy atom. The van der Waals surface area contributed by atoms with E-state index >= 15 is 0 Å². The summed E-state index contributed by atoms with van der Waals surface area (Å²) in [6.07, 6.45) is 0. The highest BCUT2D eigenvalue weighted by atomic mass is 28.3. The fourth-order valence-electron chi connectivity index (χ4n) is 2.58. The highest BCUT2D eigenvalue weighted by molar-refractivity contribution is 6.83. The third-order valence-electron chi connectivity index (χ3n) is 3.77. The van der Waals surface area contributed by atoms with Gasteiger partial charge in [0.05, 0.1) is 12.2 Å². The van der Waals surface area contributed by atoms with Gasteiger partial charge in [-0.1, -0.05) is 74.1 Å². The summed E-state index contributed by atoms with van der Waals surface area (Å²) in [7, 11) is -1.52. The number of hydrogen-bond acceptors (Lipinski definition) is 1. The molecule has 0 radical (unpaired) electrons. The van der Waals surface area contributed by atoms with E-state index in [4.69, 9.17) is 0 Å². The summed E-state index contributed by atoms with van der Waals surface area (Å²) in [4.78, 5) is 13.0. The first kappa shape index (κ1) is 16.3. The second-order valence-corrected chi connectivity index (χ2v) is 11.7. The van der Waals surface area contributed by atoms with Crippen LogP contribution in [0.1, 0.15) is 11.3 Å². The van der Waals surface area contributed by atoms with E-state index in [9.17, 15) is 4.79 Å². The van der Waals surface area contributed by atoms with E-state index in [0.717, 1.165) is 22.0 Å². The van der Waals surface area contributed by atoms with Crippen molar-refractivity contribution in [2.45, 2.75) is 26.2 Å². The topological polar surface area (TPSA) is 22.0 Å². The average molecular weight is 331 g/mol. The van der Waals surface area contributed by atoms with Crippen molar-refractivity contribution < 1.29 is 0 Å². The minimum atomic E-state index is -1.52. The number of benzene rings is 2. The second kappa shape index (κ2) is 6.50. The van der Waals surface area contributed by atoms with Gasteiger partial charge in [0.25, 0.3) is 5.56 Å². The summed E-state index contributed by atoms with van der Waals surface area (Å²) in [5, 5.41) is 1.69. The van der Waals surface area contributed by atoms with Gasteiger partial charge in [0.1, 0.15) is 8.07 Å². The van der Waals surface area contributed by atoms with Gasteiger partial charge >= 0.3 is 0 Å². The minimum absolute atomic E-state index is 0.0248. The van der Waals surface area contributed by atoms with Crippen LogP contribution in [0.4, 0.5) is 0 Å². The molecule has 120 valence electrons. The molecule has 0 saturated heterocycles. The van der Waals surface area contributed by atoms with E-state index in [0.29, 0.717) is 6.54 Å². The maximum absolute atomic E-state index is 13.0. The van der Waals surface area contributed by atoms with Gasteiger partial charge in [0.15, 0.2) is 0 Å². The summed E-state index contributed by atoms with van der Waals surface area (Å²) in [5.41, 5.74) is 5.31. The zero-order valence-corrected chi connectivity index (χ0v) is 15.3. The summed E-state index contributed by atoms with van der Waals surface area (Å²) < 4.78 is 1.80. The van der Waals surface area contributed by atoms with Gasteiger partial charge in [-0.3, -0.25) is 9.36 Å². The Balaban J connectivity index is 2.21. The molecule has 0 N–H and O–H groups in total. The molecule has 0 bridgehead atoms. The van der Waals surface area contributed by atoms with E-state index in [-0.39, 0.29) is 5.56 Å². The lowest BCUT2D eigenvalue weighted by Crippen LogP contribution is -2.24. The molecular weight excluding hydrogens is 310 g/mol. The van der Waals surface area contributed by atoms with Gasteiger partial charge in [0.2, 0.25) is 0 Å². The van der Waals surface area contributed by atoms with Crippen molar-refractivity contribution in [2.75, 3.05) is 0 Å². The molecule has 0 unspecified atom stereocenters. The molecule has 1 heterocycles. The van der Waals surface area contributed by atoms with Crippen molar-refractivity contribution >= 4 is 18.8 Å². The van der Waals surface area contributed by atoms with E-state index in [1.807, 2.05) is 60.7 Å². The summed E-state index contributed by atoms with van der Waals surface area (Å²) in [6, 6.07) is 19.8. The van der Waals surface area contributed by atoms with Crippen LogP contribution in [-0.2, 0) is 6.54 Å². The normalized spacial score (nSPS) is 11.1. The number of pyridine rings is 1. The van der Waals surface area contributed by atoms with Crippen LogP contribution in [0.25, 0.3) is 10.8 Å². The van der Waals surface area contributed by atoms with Gasteiger partial charge in [-0.2, -0.15) is 0 Å². The lowest BCUT2D eigenvalue weighted by atomic mass is 10.1. The SMILES string of the molecule is C[Si](C)(C)C#Cc1cc2ccccc2c(=O)n1Cc1ccccc1. The standard InChI is InChI=1S/C21H21NOSi/c1-24(2,3)14-13-19-15-18-11-7-8-12-20(18)21(23)22(19)16-17-9-5-4-6-10-17/h4-12,15H,16H2,1-3H3. The maximum Gasteiger partial charge on any atom is 0.259 e. The van der Waals surface area contributed by atoms with Crippen LogP contribution < -0.4 is 5.56 Å². The van der Waals surface area contributed by atoms with Crippen molar-refractivity contribution in [3.63, 3.8) is 0 Å². The largest absolute Gasteiger partial charge is 0.296 e. The molecule has 3 heteroatoms. The number of rotatable bonds is 2. The predicted molar refractivity (Wildman–Crippen MR) is 104 cm³/mol. The van der Waals surface area contributed by atoms with Crippen LogP contribution in [0.5, 0.6) is 0 Å². The molecule has 3 rings (SSSR count). The van der Waals surface area contributed by atoms with Crippen molar-refractivity contribution in [1.29, 1.82) is 0 Å². The molecular formula is C21H21NOSi. The Hall–Kier alpha value is -2.57. The third-order valence-corrected chi connectivity index (χ3v) is 4.64. The molecule has 2 aromatic carbocycles. The quantitative estimate of drug-likeness (QED) is 0.507. The van der Waals surface area contributed by atoms with Crippen LogP contribution >= 0.6 is 0 Å². The average Bonchev–Trinajstić information content (AvgIpc) is 2.56. The summed E-state index contributed by atoms with van der Waals surface area (Å²) >= 11 is 0. The van der Waals surface area contributed by atoms with Crippen LogP contribution in [0.3, 0.4) is 0 Å². The predicted octanol–water partition coefficient (Wildman–Crippen LogP) is 4.28. The fraction of sp³-hybridized carbons (Fsp3) is 0.190. The van der Waals surface area contributed by atoms with Crippen molar-refractivity contribution in [3.05, 3.63) is 82.3 Å². The first-order valence-corrected chi connectivity index (χ1v) is 11.6. The monoisotopic (exact) mass is 331 g/mol. The fourth-order valence-corrected chi connectivity index (χ4v) is 3.08. The highest BCUT2D eigenvalue weighted by Crippen LogP contribution is 2.13. The lowest BCUT2D eigenvalue weighted by Gasteiger charge is -2.12. The molecule has 0 atom stereocenters. The Labute approximate surface area is 143 Å². The number of fused-ring (bicyclic) bond motifs is 1. The smallest absolute Gasteiger partial charge is 0.259 e. The Bertz CT molecular complexity index is 985. The molecule has 0 saturated carbocycles. The van der Waals surface area contributed by atoms with Gasteiger partial charge < -0.3 is 0 Å². The minimum Gasteiger partial charge on any atom is -0.296 e. The highest BCUT2D eigenvalue weighted by Gasteiger charge is 2.11. The van der Waals surface area contributed by atoms with E-state index in [1.165, 1.54) is 0 Å². The Kier molecular flexibility index (Phi) is 4.42. The zero-order chi connectivity index (χ0) is 17.2. The summed E-state index contributed by atoms with van der Waals surface area (Å²) in [6.45, 7) is 7.17. The van der Waals surface area contributed by atoms with Crippen molar-refractivity contribution in [3.8, 4) is 11.5 Å². The van der Waals surface area contributed by atoms with E-state index in [2.05, 4.69) is 31.1 Å². The van der Waals surface area contributed by atoms with Crippen LogP contribution in [0.15, 0.2) is 65.5 Å². The molecule has 3 aromatic rings. The van der Waals surface area contributed by atoms with Crippen LogP contribution in [0.2, 0.25) is 19.6 Å². The van der Waals surface area contributed by atoms with Gasteiger partial charge in [-0.15, -0.1) is 5.54 Å². The molecule has 0 fully saturated rings. The molecule has 0 spiro atoms. The third kappa shape index (κ3) is 3.66. The molecule has 0 aliphatic heterocycles. The lowest BCUT2D eigenvalue weighted by molar-refractivity contribution is 0.757.